The Morgan fingerprint density at radius 1 is 0.917 bits per heavy atom. The van der Waals surface area contributed by atoms with Crippen LogP contribution >= 0.6 is 0 Å². The number of ether oxygens (including phenoxy) is 1. The van der Waals surface area contributed by atoms with Crippen LogP contribution in [0, 0.1) is 50.7 Å². The van der Waals surface area contributed by atoms with Gasteiger partial charge in [-0.25, -0.2) is 0 Å². The van der Waals surface area contributed by atoms with Gasteiger partial charge in [-0.05, 0) is 78.4 Å². The zero-order valence-electron chi connectivity index (χ0n) is 24.1. The highest BCUT2D eigenvalue weighted by Gasteiger charge is 2.70. The first-order chi connectivity index (χ1) is 16.6. The molecule has 2 unspecified atom stereocenters. The van der Waals surface area contributed by atoms with Gasteiger partial charge in [0.2, 0.25) is 0 Å². The molecule has 0 aromatic heterocycles. The van der Waals surface area contributed by atoms with Gasteiger partial charge in [0.05, 0.1) is 6.10 Å². The summed E-state index contributed by atoms with van der Waals surface area (Å²) in [5, 5.41) is 23.2. The maximum absolute atomic E-state index is 11.9. The van der Waals surface area contributed by atoms with Crippen molar-refractivity contribution in [1.29, 1.82) is 0 Å². The van der Waals surface area contributed by atoms with Crippen molar-refractivity contribution < 1.29 is 19.7 Å². The molecule has 0 spiro atoms. The molecule has 0 heterocycles. The van der Waals surface area contributed by atoms with E-state index < -0.39 is 35.1 Å². The van der Waals surface area contributed by atoms with Crippen LogP contribution in [-0.4, -0.2) is 34.5 Å². The molecule has 5 aliphatic carbocycles. The van der Waals surface area contributed by atoms with Gasteiger partial charge in [-0.3, -0.25) is 4.79 Å². The van der Waals surface area contributed by atoms with Crippen molar-refractivity contribution >= 4 is 5.97 Å². The van der Waals surface area contributed by atoms with E-state index in [1.165, 1.54) is 38.2 Å². The average Bonchev–Trinajstić information content (AvgIpc) is 2.79. The molecular formula is C32H50O4. The summed E-state index contributed by atoms with van der Waals surface area (Å²) in [6.45, 7) is 20.2. The van der Waals surface area contributed by atoms with Crippen LogP contribution in [0.2, 0.25) is 0 Å². The number of carbonyl (C=O) groups excluding carboxylic acids is 1. The van der Waals surface area contributed by atoms with E-state index in [-0.39, 0.29) is 16.7 Å². The minimum atomic E-state index is -1.11. The number of carbonyl (C=O) groups is 1. The first-order valence-electron chi connectivity index (χ1n) is 14.5. The first kappa shape index (κ1) is 26.5. The molecule has 4 saturated carbocycles. The molecule has 202 valence electrons. The quantitative estimate of drug-likeness (QED) is 0.407. The van der Waals surface area contributed by atoms with Crippen molar-refractivity contribution in [2.45, 2.75) is 119 Å². The molecule has 0 aliphatic heterocycles. The number of hydrogen-bond donors (Lipinski definition) is 2. The van der Waals surface area contributed by atoms with Gasteiger partial charge in [-0.15, -0.1) is 0 Å². The Balaban J connectivity index is 1.65. The Morgan fingerprint density at radius 3 is 2.22 bits per heavy atom. The molecule has 36 heavy (non-hydrogen) atoms. The fourth-order valence-corrected chi connectivity index (χ4v) is 10.6. The van der Waals surface area contributed by atoms with Crippen LogP contribution < -0.4 is 0 Å². The Kier molecular flexibility index (Phi) is 5.84. The number of hydrogen-bond acceptors (Lipinski definition) is 4. The van der Waals surface area contributed by atoms with Gasteiger partial charge in [-0.1, -0.05) is 78.7 Å². The summed E-state index contributed by atoms with van der Waals surface area (Å²) in [6.07, 6.45) is 9.11. The normalized spacial score (nSPS) is 53.6. The molecule has 0 amide bonds. The summed E-state index contributed by atoms with van der Waals surface area (Å²) in [4.78, 5) is 11.9. The summed E-state index contributed by atoms with van der Waals surface area (Å²) >= 11 is 0. The minimum Gasteiger partial charge on any atom is -0.459 e. The lowest BCUT2D eigenvalue weighted by atomic mass is 9.35. The second-order valence-electron chi connectivity index (χ2n) is 15.0. The summed E-state index contributed by atoms with van der Waals surface area (Å²) in [7, 11) is 0. The highest BCUT2D eigenvalue weighted by Crippen LogP contribution is 2.74. The highest BCUT2D eigenvalue weighted by atomic mass is 16.6. The third kappa shape index (κ3) is 3.09. The summed E-state index contributed by atoms with van der Waals surface area (Å²) < 4.78 is 5.66. The van der Waals surface area contributed by atoms with E-state index in [1.807, 2.05) is 0 Å². The van der Waals surface area contributed by atoms with Crippen molar-refractivity contribution in [3.05, 3.63) is 23.3 Å². The third-order valence-corrected chi connectivity index (χ3v) is 13.2. The Hall–Kier alpha value is -1.13. The van der Waals surface area contributed by atoms with E-state index in [9.17, 15) is 15.0 Å². The van der Waals surface area contributed by atoms with Crippen molar-refractivity contribution in [3.8, 4) is 0 Å². The maximum Gasteiger partial charge on any atom is 0.303 e. The van der Waals surface area contributed by atoms with Gasteiger partial charge in [0.15, 0.2) is 0 Å². The van der Waals surface area contributed by atoms with E-state index >= 15 is 0 Å². The molecule has 0 aromatic rings. The lowest BCUT2D eigenvalue weighted by Gasteiger charge is -2.70. The molecule has 4 fully saturated rings. The minimum absolute atomic E-state index is 0.0438. The summed E-state index contributed by atoms with van der Waals surface area (Å²) in [5.74, 6) is 1.72. The second-order valence-corrected chi connectivity index (χ2v) is 15.0. The van der Waals surface area contributed by atoms with E-state index in [0.717, 1.165) is 18.8 Å². The maximum atomic E-state index is 11.9. The van der Waals surface area contributed by atoms with Crippen molar-refractivity contribution in [2.24, 2.45) is 50.7 Å². The van der Waals surface area contributed by atoms with E-state index in [1.54, 1.807) is 5.57 Å². The van der Waals surface area contributed by atoms with Crippen LogP contribution in [0.25, 0.3) is 0 Å². The van der Waals surface area contributed by atoms with Gasteiger partial charge >= 0.3 is 5.97 Å². The molecule has 4 nitrogen and oxygen atoms in total. The average molecular weight is 499 g/mol. The highest BCUT2D eigenvalue weighted by molar-refractivity contribution is 5.66. The number of esters is 1. The third-order valence-electron chi connectivity index (χ3n) is 13.2. The fourth-order valence-electron chi connectivity index (χ4n) is 10.6. The number of rotatable bonds is 1. The van der Waals surface area contributed by atoms with Crippen LogP contribution in [0.15, 0.2) is 23.3 Å². The molecule has 2 N–H and O–H groups in total. The van der Waals surface area contributed by atoms with Gasteiger partial charge in [0.25, 0.3) is 0 Å². The fraction of sp³-hybridized carbons (Fsp3) is 0.844. The molecule has 0 saturated heterocycles. The van der Waals surface area contributed by atoms with Gasteiger partial charge in [-0.2, -0.15) is 0 Å². The largest absolute Gasteiger partial charge is 0.459 e. The zero-order chi connectivity index (χ0) is 26.6. The van der Waals surface area contributed by atoms with E-state index in [0.29, 0.717) is 17.3 Å². The van der Waals surface area contributed by atoms with Gasteiger partial charge in [0, 0.05) is 17.8 Å². The van der Waals surface area contributed by atoms with E-state index in [4.69, 9.17) is 4.74 Å². The van der Waals surface area contributed by atoms with Crippen LogP contribution in [-0.2, 0) is 9.53 Å². The molecule has 0 aromatic carbocycles. The van der Waals surface area contributed by atoms with Gasteiger partial charge in [0.1, 0.15) is 12.2 Å². The Bertz CT molecular complexity index is 1010. The monoisotopic (exact) mass is 498 g/mol. The predicted octanol–water partition coefficient (Wildman–Crippen LogP) is 6.46. The lowest BCUT2D eigenvalue weighted by Crippen LogP contribution is -2.69. The number of aliphatic hydroxyl groups is 2. The zero-order valence-corrected chi connectivity index (χ0v) is 24.1. The number of allylic oxidation sites excluding steroid dienone is 3. The van der Waals surface area contributed by atoms with Crippen LogP contribution in [0.1, 0.15) is 101 Å². The van der Waals surface area contributed by atoms with Crippen molar-refractivity contribution in [3.63, 3.8) is 0 Å². The van der Waals surface area contributed by atoms with E-state index in [2.05, 4.69) is 67.5 Å². The molecule has 5 aliphatic rings. The molecule has 0 radical (unpaired) electrons. The number of fused-ring (bicyclic) bond motifs is 7. The van der Waals surface area contributed by atoms with Crippen molar-refractivity contribution in [2.75, 3.05) is 0 Å². The summed E-state index contributed by atoms with van der Waals surface area (Å²) in [6, 6.07) is 0. The molecule has 11 atom stereocenters. The summed E-state index contributed by atoms with van der Waals surface area (Å²) in [5.41, 5.74) is 2.26. The molecule has 5 rings (SSSR count). The van der Waals surface area contributed by atoms with Crippen LogP contribution in [0.5, 0.6) is 0 Å². The standard InChI is InChI=1S/C32H50O4/c1-18-12-14-29(6)16-17-30(7)21(24(29)19(18)2)10-11-23-31(30,8)15-13-22-28(4,5)27(36-20(3)33)25(34)26(35)32(22,23)9/h10-11,18-19,22,24-27,34-35H,12-17H2,1-9H3/t18-,19+,22?,24?,25-,26-,27+,29-,30-,31-,32+/m1/s1. The number of aliphatic hydroxyl groups excluding tert-OH is 2. The molecule has 0 bridgehead atoms. The Labute approximate surface area is 219 Å². The molecular weight excluding hydrogens is 448 g/mol. The topological polar surface area (TPSA) is 66.8 Å². The molecule has 4 heteroatoms. The van der Waals surface area contributed by atoms with Gasteiger partial charge < -0.3 is 14.9 Å². The smallest absolute Gasteiger partial charge is 0.303 e. The predicted molar refractivity (Wildman–Crippen MR) is 143 cm³/mol. The van der Waals surface area contributed by atoms with Crippen LogP contribution in [0.4, 0.5) is 0 Å². The second kappa shape index (κ2) is 7.94. The Morgan fingerprint density at radius 2 is 1.58 bits per heavy atom. The SMILES string of the molecule is CC(=O)O[C@H]1[C@H](O)[C@@H](O)[C@]2(C)C3=CC=C4C5[C@@H](C)[C@H](C)CC[C@]5(C)CC[C@@]4(C)[C@]3(C)CCC2C1(C)C. The van der Waals surface area contributed by atoms with Crippen molar-refractivity contribution in [1.82, 2.24) is 0 Å². The first-order valence-corrected chi connectivity index (χ1v) is 14.5. The lowest BCUT2D eigenvalue weighted by molar-refractivity contribution is -0.238. The van der Waals surface area contributed by atoms with Crippen LogP contribution in [0.3, 0.4) is 0 Å².